The zero-order chi connectivity index (χ0) is 15.2. The van der Waals surface area contributed by atoms with Gasteiger partial charge in [-0.15, -0.1) is 0 Å². The molecule has 0 radical (unpaired) electrons. The Bertz CT molecular complexity index is 662. The van der Waals surface area contributed by atoms with Crippen molar-refractivity contribution in [3.63, 3.8) is 0 Å². The average molecular weight is 284 g/mol. The van der Waals surface area contributed by atoms with Crippen molar-refractivity contribution in [2.75, 3.05) is 5.32 Å². The van der Waals surface area contributed by atoms with Gasteiger partial charge in [-0.05, 0) is 25.0 Å². The van der Waals surface area contributed by atoms with Gasteiger partial charge in [-0.2, -0.15) is 0 Å². The van der Waals surface area contributed by atoms with Crippen LogP contribution >= 0.6 is 0 Å². The summed E-state index contributed by atoms with van der Waals surface area (Å²) in [5.74, 6) is -0.238. The second-order valence-electron chi connectivity index (χ2n) is 4.90. The molecule has 1 amide bonds. The predicted molar refractivity (Wildman–Crippen MR) is 84.5 cm³/mol. The van der Waals surface area contributed by atoms with E-state index in [-0.39, 0.29) is 17.4 Å². The Balaban J connectivity index is 2.18. The highest BCUT2D eigenvalue weighted by Crippen LogP contribution is 2.21. The summed E-state index contributed by atoms with van der Waals surface area (Å²) in [6.45, 7) is 4.47. The van der Waals surface area contributed by atoms with Crippen molar-refractivity contribution < 1.29 is 4.79 Å². The molecule has 0 spiro atoms. The Kier molecular flexibility index (Phi) is 4.93. The summed E-state index contributed by atoms with van der Waals surface area (Å²) >= 11 is 0. The second-order valence-corrected chi connectivity index (χ2v) is 4.90. The van der Waals surface area contributed by atoms with E-state index in [9.17, 15) is 9.59 Å². The molecule has 4 nitrogen and oxygen atoms in total. The smallest absolute Gasteiger partial charge is 0.250 e. The first-order valence-corrected chi connectivity index (χ1v) is 7.22. The number of benzene rings is 1. The zero-order valence-electron chi connectivity index (χ0n) is 12.4. The molecule has 0 saturated heterocycles. The molecule has 21 heavy (non-hydrogen) atoms. The molecule has 0 aliphatic rings. The van der Waals surface area contributed by atoms with E-state index in [1.54, 1.807) is 16.8 Å². The van der Waals surface area contributed by atoms with E-state index in [0.717, 1.165) is 12.0 Å². The lowest BCUT2D eigenvalue weighted by Crippen LogP contribution is -2.23. The number of nitrogens with zero attached hydrogens (tertiary/aromatic N) is 1. The van der Waals surface area contributed by atoms with Crippen LogP contribution in [0.25, 0.3) is 0 Å². The van der Waals surface area contributed by atoms with Gasteiger partial charge in [-0.3, -0.25) is 9.59 Å². The molecule has 1 N–H and O–H groups in total. The number of rotatable bonds is 5. The van der Waals surface area contributed by atoms with Crippen molar-refractivity contribution in [3.8, 4) is 0 Å². The van der Waals surface area contributed by atoms with Crippen LogP contribution in [0.15, 0.2) is 53.5 Å². The van der Waals surface area contributed by atoms with Crippen molar-refractivity contribution in [3.05, 3.63) is 64.6 Å². The Morgan fingerprint density at radius 3 is 2.48 bits per heavy atom. The van der Waals surface area contributed by atoms with Gasteiger partial charge < -0.3 is 9.88 Å². The molecule has 4 heteroatoms. The number of anilines is 1. The lowest BCUT2D eigenvalue weighted by molar-refractivity contribution is -0.117. The Morgan fingerprint density at radius 2 is 1.86 bits per heavy atom. The molecule has 0 fully saturated rings. The Hall–Kier alpha value is -2.36. The number of aryl methyl sites for hydroxylation is 1. The largest absolute Gasteiger partial charge is 0.324 e. The van der Waals surface area contributed by atoms with E-state index >= 15 is 0 Å². The van der Waals surface area contributed by atoms with E-state index in [0.29, 0.717) is 12.2 Å². The third kappa shape index (κ3) is 3.60. The van der Waals surface area contributed by atoms with Crippen LogP contribution in [0.4, 0.5) is 5.69 Å². The first-order chi connectivity index (χ1) is 10.2. The Labute approximate surface area is 124 Å². The van der Waals surface area contributed by atoms with E-state index in [4.69, 9.17) is 0 Å². The third-order valence-corrected chi connectivity index (χ3v) is 3.52. The number of amides is 1. The van der Waals surface area contributed by atoms with Crippen molar-refractivity contribution in [2.45, 2.75) is 32.7 Å². The lowest BCUT2D eigenvalue weighted by Gasteiger charge is -2.16. The van der Waals surface area contributed by atoms with Crippen molar-refractivity contribution in [1.29, 1.82) is 0 Å². The normalized spacial score (nSPS) is 11.9. The van der Waals surface area contributed by atoms with Crippen LogP contribution in [0.2, 0.25) is 0 Å². The number of carbonyl (C=O) groups is 1. The molecule has 1 aromatic heterocycles. The number of hydrogen-bond acceptors (Lipinski definition) is 2. The average Bonchev–Trinajstić information content (AvgIpc) is 2.51. The van der Waals surface area contributed by atoms with Crippen LogP contribution < -0.4 is 10.9 Å². The predicted octanol–water partition coefficient (Wildman–Crippen LogP) is 3.00. The number of carbonyl (C=O) groups excluding carboxylic acids is 1. The molecule has 0 unspecified atom stereocenters. The zero-order valence-corrected chi connectivity index (χ0v) is 12.4. The van der Waals surface area contributed by atoms with Crippen LogP contribution in [-0.2, 0) is 11.3 Å². The van der Waals surface area contributed by atoms with Gasteiger partial charge in [0.05, 0.1) is 11.6 Å². The molecular weight excluding hydrogens is 264 g/mol. The summed E-state index contributed by atoms with van der Waals surface area (Å²) in [5, 5.41) is 2.89. The fraction of sp³-hybridized carbons (Fsp3) is 0.294. The molecule has 0 saturated carbocycles. The molecule has 0 aliphatic heterocycles. The molecule has 1 atom stereocenters. The van der Waals surface area contributed by atoms with Gasteiger partial charge in [0.15, 0.2) is 0 Å². The minimum atomic E-state index is -0.187. The first-order valence-electron chi connectivity index (χ1n) is 7.22. The molecule has 0 bridgehead atoms. The molecule has 0 aliphatic carbocycles. The third-order valence-electron chi connectivity index (χ3n) is 3.52. The van der Waals surface area contributed by atoms with Gasteiger partial charge >= 0.3 is 0 Å². The molecule has 1 heterocycles. The number of aromatic nitrogens is 1. The Morgan fingerprint density at radius 1 is 1.14 bits per heavy atom. The highest BCUT2D eigenvalue weighted by atomic mass is 16.2. The fourth-order valence-electron chi connectivity index (χ4n) is 2.34. The summed E-state index contributed by atoms with van der Waals surface area (Å²) in [4.78, 5) is 24.0. The minimum absolute atomic E-state index is 0.0509. The van der Waals surface area contributed by atoms with Crippen LogP contribution in [0.3, 0.4) is 0 Å². The number of nitrogens with one attached hydrogen (secondary N) is 1. The minimum Gasteiger partial charge on any atom is -0.324 e. The van der Waals surface area contributed by atoms with Crippen molar-refractivity contribution in [1.82, 2.24) is 4.57 Å². The van der Waals surface area contributed by atoms with Crippen LogP contribution in [0.1, 0.15) is 31.7 Å². The fourth-order valence-corrected chi connectivity index (χ4v) is 2.34. The van der Waals surface area contributed by atoms with Gasteiger partial charge in [-0.1, -0.05) is 37.3 Å². The highest BCUT2D eigenvalue weighted by Gasteiger charge is 2.18. The van der Waals surface area contributed by atoms with Gasteiger partial charge in [0.2, 0.25) is 5.91 Å². The van der Waals surface area contributed by atoms with Crippen LogP contribution in [-0.4, -0.2) is 10.5 Å². The second kappa shape index (κ2) is 6.88. The van der Waals surface area contributed by atoms with Gasteiger partial charge in [-0.25, -0.2) is 0 Å². The molecule has 110 valence electrons. The van der Waals surface area contributed by atoms with E-state index in [2.05, 4.69) is 5.32 Å². The quantitative estimate of drug-likeness (QED) is 0.917. The van der Waals surface area contributed by atoms with Crippen molar-refractivity contribution >= 4 is 11.6 Å². The van der Waals surface area contributed by atoms with Crippen molar-refractivity contribution in [2.24, 2.45) is 0 Å². The summed E-state index contributed by atoms with van der Waals surface area (Å²) in [6, 6.07) is 12.8. The van der Waals surface area contributed by atoms with Crippen LogP contribution in [0.5, 0.6) is 0 Å². The number of hydrogen-bond donors (Lipinski definition) is 1. The molecule has 1 aromatic carbocycles. The molecule has 2 rings (SSSR count). The maximum Gasteiger partial charge on any atom is 0.250 e. The molecule has 2 aromatic rings. The molecular formula is C17H20N2O2. The van der Waals surface area contributed by atoms with E-state index in [1.807, 2.05) is 44.2 Å². The number of pyridine rings is 1. The maximum atomic E-state index is 12.4. The highest BCUT2D eigenvalue weighted by molar-refractivity contribution is 5.95. The lowest BCUT2D eigenvalue weighted by atomic mass is 9.95. The first kappa shape index (κ1) is 15.0. The van der Waals surface area contributed by atoms with Gasteiger partial charge in [0.1, 0.15) is 0 Å². The van der Waals surface area contributed by atoms with Gasteiger partial charge in [0.25, 0.3) is 5.56 Å². The standard InChI is InChI=1S/C17H20N2O2/c1-3-15(13-8-6-5-7-9-13)17(21)18-14-10-11-16(20)19(4-2)12-14/h5-12,15H,3-4H2,1-2H3,(H,18,21)/t15-/m1/s1. The maximum absolute atomic E-state index is 12.4. The van der Waals surface area contributed by atoms with E-state index in [1.165, 1.54) is 6.07 Å². The summed E-state index contributed by atoms with van der Waals surface area (Å²) < 4.78 is 1.57. The van der Waals surface area contributed by atoms with E-state index < -0.39 is 0 Å². The summed E-state index contributed by atoms with van der Waals surface area (Å²) in [6.07, 6.45) is 2.40. The monoisotopic (exact) mass is 284 g/mol. The SMILES string of the molecule is CC[C@@H](C(=O)Nc1ccc(=O)n(CC)c1)c1ccccc1. The topological polar surface area (TPSA) is 51.1 Å². The summed E-state index contributed by atoms with van der Waals surface area (Å²) in [5.41, 5.74) is 1.59. The van der Waals surface area contributed by atoms with Crippen LogP contribution in [0, 0.1) is 0 Å². The summed E-state index contributed by atoms with van der Waals surface area (Å²) in [7, 11) is 0. The van der Waals surface area contributed by atoms with Gasteiger partial charge in [0, 0.05) is 18.8 Å².